The van der Waals surface area contributed by atoms with Gasteiger partial charge in [0.1, 0.15) is 0 Å². The van der Waals surface area contributed by atoms with Gasteiger partial charge in [-0.15, -0.1) is 6.58 Å². The van der Waals surface area contributed by atoms with E-state index in [2.05, 4.69) is 50.2 Å². The molecule has 1 N–H and O–H groups in total. The lowest BCUT2D eigenvalue weighted by Crippen LogP contribution is -2.50. The third-order valence-electron chi connectivity index (χ3n) is 6.73. The quantitative estimate of drug-likeness (QED) is 0.475. The van der Waals surface area contributed by atoms with Crippen molar-refractivity contribution in [2.24, 2.45) is 16.7 Å². The van der Waals surface area contributed by atoms with Crippen LogP contribution in [0.15, 0.2) is 23.8 Å². The average molecular weight is 369 g/mol. The Balaban J connectivity index is 2.30. The zero-order chi connectivity index (χ0) is 16.8. The molecule has 0 spiro atoms. The first-order valence-corrected chi connectivity index (χ1v) is 9.65. The van der Waals surface area contributed by atoms with E-state index in [1.54, 1.807) is 17.2 Å². The van der Waals surface area contributed by atoms with Gasteiger partial charge in [-0.25, -0.2) is 0 Å². The summed E-state index contributed by atoms with van der Waals surface area (Å²) in [6.07, 6.45) is 8.50. The summed E-state index contributed by atoms with van der Waals surface area (Å²) in [6.45, 7) is 15.3. The largest absolute Gasteiger partial charge is 0.386 e. The van der Waals surface area contributed by atoms with Crippen LogP contribution in [-0.2, 0) is 0 Å². The number of alkyl halides is 1. The van der Waals surface area contributed by atoms with Gasteiger partial charge in [0.2, 0.25) is 0 Å². The third-order valence-corrected chi connectivity index (χ3v) is 8.36. The molecule has 1 unspecified atom stereocenters. The molecule has 0 bridgehead atoms. The summed E-state index contributed by atoms with van der Waals surface area (Å²) in [5.41, 5.74) is 3.08. The van der Waals surface area contributed by atoms with Gasteiger partial charge in [-0.05, 0) is 69.1 Å². The van der Waals surface area contributed by atoms with Crippen molar-refractivity contribution in [1.82, 2.24) is 0 Å². The molecule has 2 rings (SSSR count). The van der Waals surface area contributed by atoms with Crippen LogP contribution in [0.5, 0.6) is 0 Å². The molecule has 0 aromatic rings. The molecule has 0 radical (unpaired) electrons. The molecule has 0 aromatic carbocycles. The molecule has 126 valence electrons. The fourth-order valence-corrected chi connectivity index (χ4v) is 5.59. The standard InChI is InChI=1S/C20H33BrO/c1-7-19(5,22)12-10-15-14(2)8-9-16-18(3,4)17(21)11-13-20(15,16)6/h7,16-17,22H,1,8-13H2,2-6H3/t16?,17-,19-,20+/m1/s1. The molecular weight excluding hydrogens is 336 g/mol. The van der Waals surface area contributed by atoms with Gasteiger partial charge < -0.3 is 5.11 Å². The zero-order valence-corrected chi connectivity index (χ0v) is 16.6. The zero-order valence-electron chi connectivity index (χ0n) is 15.0. The first-order valence-electron chi connectivity index (χ1n) is 8.74. The Hall–Kier alpha value is -0.0800. The highest BCUT2D eigenvalue weighted by molar-refractivity contribution is 9.09. The van der Waals surface area contributed by atoms with E-state index in [1.165, 1.54) is 25.7 Å². The van der Waals surface area contributed by atoms with E-state index in [0.29, 0.717) is 15.7 Å². The smallest absolute Gasteiger partial charge is 0.0800 e. The number of hydrogen-bond donors (Lipinski definition) is 1. The molecule has 2 aliphatic rings. The second-order valence-corrected chi connectivity index (χ2v) is 9.76. The van der Waals surface area contributed by atoms with Gasteiger partial charge in [0.15, 0.2) is 0 Å². The van der Waals surface area contributed by atoms with Crippen molar-refractivity contribution in [2.75, 3.05) is 0 Å². The molecule has 4 atom stereocenters. The molecule has 1 fully saturated rings. The second kappa shape index (κ2) is 6.09. The fraction of sp³-hybridized carbons (Fsp3) is 0.800. The van der Waals surface area contributed by atoms with Gasteiger partial charge in [-0.3, -0.25) is 0 Å². The van der Waals surface area contributed by atoms with Crippen molar-refractivity contribution in [2.45, 2.75) is 83.6 Å². The summed E-state index contributed by atoms with van der Waals surface area (Å²) in [5, 5.41) is 10.3. The van der Waals surface area contributed by atoms with E-state index in [1.807, 2.05) is 6.92 Å². The minimum atomic E-state index is -0.751. The molecule has 1 saturated carbocycles. The summed E-state index contributed by atoms with van der Waals surface area (Å²) < 4.78 is 0. The molecule has 0 aliphatic heterocycles. The second-order valence-electron chi connectivity index (χ2n) is 8.66. The van der Waals surface area contributed by atoms with Crippen LogP contribution >= 0.6 is 15.9 Å². The predicted octanol–water partition coefficient (Wildman–Crippen LogP) is 6.02. The predicted molar refractivity (Wildman–Crippen MR) is 99.3 cm³/mol. The van der Waals surface area contributed by atoms with Crippen LogP contribution in [0, 0.1) is 16.7 Å². The number of rotatable bonds is 4. The SMILES string of the molecule is C=C[C@@](C)(O)CCC1=C(C)CCC2C(C)(C)[C@H](Br)CC[C@@]12C. The van der Waals surface area contributed by atoms with Crippen LogP contribution < -0.4 is 0 Å². The fourth-order valence-electron chi connectivity index (χ4n) is 5.04. The van der Waals surface area contributed by atoms with Crippen molar-refractivity contribution in [3.8, 4) is 0 Å². The van der Waals surface area contributed by atoms with Gasteiger partial charge in [-0.2, -0.15) is 0 Å². The van der Waals surface area contributed by atoms with Crippen molar-refractivity contribution in [3.05, 3.63) is 23.8 Å². The Kier molecular flexibility index (Phi) is 5.06. The maximum absolute atomic E-state index is 10.3. The summed E-state index contributed by atoms with van der Waals surface area (Å²) >= 11 is 3.94. The van der Waals surface area contributed by atoms with Crippen LogP contribution in [0.4, 0.5) is 0 Å². The highest BCUT2D eigenvalue weighted by atomic mass is 79.9. The van der Waals surface area contributed by atoms with Crippen molar-refractivity contribution >= 4 is 15.9 Å². The summed E-state index contributed by atoms with van der Waals surface area (Å²) in [4.78, 5) is 0.619. The Morgan fingerprint density at radius 1 is 1.36 bits per heavy atom. The van der Waals surface area contributed by atoms with Crippen molar-refractivity contribution in [1.29, 1.82) is 0 Å². The highest BCUT2D eigenvalue weighted by Crippen LogP contribution is 2.61. The van der Waals surface area contributed by atoms with Crippen molar-refractivity contribution < 1.29 is 5.11 Å². The number of halogens is 1. The molecule has 1 nitrogen and oxygen atoms in total. The van der Waals surface area contributed by atoms with Crippen LogP contribution in [-0.4, -0.2) is 15.5 Å². The molecular formula is C20H33BrO. The minimum absolute atomic E-state index is 0.299. The lowest BCUT2D eigenvalue weighted by molar-refractivity contribution is 0.0151. The monoisotopic (exact) mass is 368 g/mol. The van der Waals surface area contributed by atoms with Gasteiger partial charge in [0.05, 0.1) is 5.60 Å². The molecule has 0 aromatic heterocycles. The van der Waals surface area contributed by atoms with E-state index >= 15 is 0 Å². The van der Waals surface area contributed by atoms with Gasteiger partial charge in [0, 0.05) is 4.83 Å². The Morgan fingerprint density at radius 2 is 2.00 bits per heavy atom. The maximum Gasteiger partial charge on any atom is 0.0800 e. The third kappa shape index (κ3) is 3.11. The van der Waals surface area contributed by atoms with E-state index in [0.717, 1.165) is 18.8 Å². The maximum atomic E-state index is 10.3. The number of aliphatic hydroxyl groups is 1. The van der Waals surface area contributed by atoms with Crippen LogP contribution in [0.1, 0.15) is 73.1 Å². The topological polar surface area (TPSA) is 20.2 Å². The van der Waals surface area contributed by atoms with E-state index in [9.17, 15) is 5.11 Å². The van der Waals surface area contributed by atoms with E-state index < -0.39 is 5.60 Å². The lowest BCUT2D eigenvalue weighted by Gasteiger charge is -2.57. The molecule has 2 aliphatic carbocycles. The molecule has 0 heterocycles. The Morgan fingerprint density at radius 3 is 2.59 bits per heavy atom. The number of hydrogen-bond acceptors (Lipinski definition) is 1. The first-order chi connectivity index (χ1) is 10.0. The Bertz CT molecular complexity index is 474. The first kappa shape index (κ1) is 18.3. The summed E-state index contributed by atoms with van der Waals surface area (Å²) in [7, 11) is 0. The number of fused-ring (bicyclic) bond motifs is 1. The molecule has 22 heavy (non-hydrogen) atoms. The Labute approximate surface area is 145 Å². The molecule has 0 amide bonds. The van der Waals surface area contributed by atoms with Gasteiger partial charge in [0.25, 0.3) is 0 Å². The van der Waals surface area contributed by atoms with E-state index in [4.69, 9.17) is 0 Å². The molecule has 0 saturated heterocycles. The highest BCUT2D eigenvalue weighted by Gasteiger charge is 2.53. The summed E-state index contributed by atoms with van der Waals surface area (Å²) in [5.74, 6) is 0.727. The van der Waals surface area contributed by atoms with Crippen LogP contribution in [0.3, 0.4) is 0 Å². The van der Waals surface area contributed by atoms with Crippen molar-refractivity contribution in [3.63, 3.8) is 0 Å². The lowest BCUT2D eigenvalue weighted by atomic mass is 9.49. The molecule has 2 heteroatoms. The van der Waals surface area contributed by atoms with Crippen LogP contribution in [0.2, 0.25) is 0 Å². The van der Waals surface area contributed by atoms with Gasteiger partial charge in [-0.1, -0.05) is 53.9 Å². The number of allylic oxidation sites excluding steroid dienone is 2. The van der Waals surface area contributed by atoms with Crippen LogP contribution in [0.25, 0.3) is 0 Å². The van der Waals surface area contributed by atoms with Gasteiger partial charge >= 0.3 is 0 Å². The normalized spacial score (nSPS) is 37.4. The van der Waals surface area contributed by atoms with E-state index in [-0.39, 0.29) is 0 Å². The summed E-state index contributed by atoms with van der Waals surface area (Å²) in [6, 6.07) is 0. The average Bonchev–Trinajstić information content (AvgIpc) is 2.42. The minimum Gasteiger partial charge on any atom is -0.386 e.